The Labute approximate surface area is 272 Å². The Balaban J connectivity index is 1.27. The van der Waals surface area contributed by atoms with Crippen LogP contribution in [0.2, 0.25) is 25.7 Å². The van der Waals surface area contributed by atoms with E-state index in [0.717, 1.165) is 40.4 Å². The first kappa shape index (κ1) is 33.4. The number of aromatic nitrogens is 3. The van der Waals surface area contributed by atoms with E-state index in [1.54, 1.807) is 13.0 Å². The summed E-state index contributed by atoms with van der Waals surface area (Å²) < 4.78 is 47.7. The molecule has 1 aromatic carbocycles. The molecule has 0 bridgehead atoms. The number of hydrogen-bond donors (Lipinski definition) is 0. The van der Waals surface area contributed by atoms with Gasteiger partial charge in [0.15, 0.2) is 5.82 Å². The van der Waals surface area contributed by atoms with E-state index in [-0.39, 0.29) is 29.6 Å². The van der Waals surface area contributed by atoms with Crippen molar-refractivity contribution >= 4 is 41.3 Å². The number of imidazole rings is 1. The Kier molecular flexibility index (Phi) is 10.6. The molecule has 13 heteroatoms. The molecule has 9 nitrogen and oxygen atoms in total. The number of carbonyl (C=O) groups excluding carboxylic acids is 1. The van der Waals surface area contributed by atoms with Crippen molar-refractivity contribution in [2.24, 2.45) is 0 Å². The molecule has 0 unspecified atom stereocenters. The van der Waals surface area contributed by atoms with Crippen molar-refractivity contribution in [3.63, 3.8) is 0 Å². The quantitative estimate of drug-likeness (QED) is 0.0855. The number of ether oxygens (including phenoxy) is 3. The van der Waals surface area contributed by atoms with E-state index in [1.165, 1.54) is 29.5 Å². The van der Waals surface area contributed by atoms with E-state index >= 15 is 0 Å². The van der Waals surface area contributed by atoms with Crippen LogP contribution in [0.3, 0.4) is 0 Å². The van der Waals surface area contributed by atoms with E-state index in [2.05, 4.69) is 35.6 Å². The molecule has 1 aliphatic heterocycles. The summed E-state index contributed by atoms with van der Waals surface area (Å²) in [5.41, 5.74) is 2.82. The van der Waals surface area contributed by atoms with Gasteiger partial charge in [-0.1, -0.05) is 31.8 Å². The van der Waals surface area contributed by atoms with E-state index in [1.807, 2.05) is 16.7 Å². The van der Waals surface area contributed by atoms with Crippen LogP contribution in [0.5, 0.6) is 5.88 Å². The van der Waals surface area contributed by atoms with Crippen LogP contribution in [-0.4, -0.2) is 59.8 Å². The predicted octanol–water partition coefficient (Wildman–Crippen LogP) is 7.00. The van der Waals surface area contributed by atoms with Crippen LogP contribution in [0.1, 0.15) is 45.7 Å². The van der Waals surface area contributed by atoms with Crippen molar-refractivity contribution in [1.82, 2.24) is 19.4 Å². The highest BCUT2D eigenvalue weighted by Gasteiger charge is 2.22. The molecule has 0 spiro atoms. The Morgan fingerprint density at radius 1 is 1.13 bits per heavy atom. The van der Waals surface area contributed by atoms with Gasteiger partial charge in [-0.3, -0.25) is 4.90 Å². The highest BCUT2D eigenvalue weighted by atomic mass is 32.1. The van der Waals surface area contributed by atoms with Gasteiger partial charge in [-0.25, -0.2) is 23.5 Å². The van der Waals surface area contributed by atoms with E-state index in [0.29, 0.717) is 50.0 Å². The number of fused-ring (bicyclic) bond motifs is 1. The fourth-order valence-electron chi connectivity index (χ4n) is 4.93. The summed E-state index contributed by atoms with van der Waals surface area (Å²) in [6, 6.07) is 11.7. The average Bonchev–Trinajstić information content (AvgIpc) is 3.57. The summed E-state index contributed by atoms with van der Waals surface area (Å²) >= 11 is 1.32. The second kappa shape index (κ2) is 14.6. The first-order chi connectivity index (χ1) is 22.0. The van der Waals surface area contributed by atoms with Gasteiger partial charge in [-0.05, 0) is 55.3 Å². The maximum atomic E-state index is 14.5. The molecule has 3 aromatic heterocycles. The number of nitrogens with zero attached hydrogens (tertiary/aromatic N) is 5. The van der Waals surface area contributed by atoms with Crippen LogP contribution in [0, 0.1) is 23.0 Å². The van der Waals surface area contributed by atoms with Gasteiger partial charge in [-0.15, -0.1) is 11.3 Å². The minimum atomic E-state index is -1.25. The molecule has 0 atom stereocenters. The number of halogens is 2. The van der Waals surface area contributed by atoms with Crippen molar-refractivity contribution in [3.05, 3.63) is 81.6 Å². The van der Waals surface area contributed by atoms with Crippen LogP contribution in [0.4, 0.5) is 8.78 Å². The van der Waals surface area contributed by atoms with Gasteiger partial charge in [0.25, 0.3) is 5.88 Å². The number of benzene rings is 1. The number of carbonyl (C=O) groups is 1. The zero-order valence-corrected chi connectivity index (χ0v) is 28.3. The van der Waals surface area contributed by atoms with Gasteiger partial charge in [-0.2, -0.15) is 5.26 Å². The van der Waals surface area contributed by atoms with Crippen molar-refractivity contribution < 1.29 is 27.8 Å². The van der Waals surface area contributed by atoms with Gasteiger partial charge in [0.05, 0.1) is 36.0 Å². The number of pyridine rings is 1. The second-order valence-electron chi connectivity index (χ2n) is 12.2. The predicted molar refractivity (Wildman–Crippen MR) is 175 cm³/mol. The molecule has 0 saturated heterocycles. The Morgan fingerprint density at radius 3 is 2.65 bits per heavy atom. The topological polar surface area (TPSA) is 102 Å². The molecule has 5 rings (SSSR count). The fourth-order valence-corrected chi connectivity index (χ4v) is 6.64. The number of thiophene rings is 1. The Morgan fingerprint density at radius 2 is 1.96 bits per heavy atom. The molecule has 46 heavy (non-hydrogen) atoms. The first-order valence-corrected chi connectivity index (χ1v) is 19.7. The largest absolute Gasteiger partial charge is 0.471 e. The lowest BCUT2D eigenvalue weighted by Gasteiger charge is -2.26. The number of nitriles is 1. The van der Waals surface area contributed by atoms with Crippen molar-refractivity contribution in [1.29, 1.82) is 5.26 Å². The SMILES string of the molecule is CCOC(=O)c1cc2c(nc(CN3CC=C(c4ccc(F)c(OCc5ccc(C#N)cc5F)n4)CC3)n2COCC[Si](C)(C)C)s1. The maximum absolute atomic E-state index is 14.5. The molecular weight excluding hydrogens is 629 g/mol. The van der Waals surface area contributed by atoms with E-state index < -0.39 is 19.7 Å². The Bertz CT molecular complexity index is 1790. The maximum Gasteiger partial charge on any atom is 0.348 e. The van der Waals surface area contributed by atoms with Crippen molar-refractivity contribution in [2.45, 2.75) is 58.9 Å². The lowest BCUT2D eigenvalue weighted by atomic mass is 10.0. The number of esters is 1. The van der Waals surface area contributed by atoms with Crippen molar-refractivity contribution in [3.8, 4) is 11.9 Å². The van der Waals surface area contributed by atoms with Gasteiger partial charge in [0.2, 0.25) is 0 Å². The summed E-state index contributed by atoms with van der Waals surface area (Å²) in [5, 5.41) is 8.94. The summed E-state index contributed by atoms with van der Waals surface area (Å²) in [4.78, 5) is 25.2. The molecule has 242 valence electrons. The number of rotatable bonds is 13. The zero-order chi connectivity index (χ0) is 32.8. The van der Waals surface area contributed by atoms with E-state index in [4.69, 9.17) is 24.5 Å². The third-order valence-electron chi connectivity index (χ3n) is 7.57. The minimum Gasteiger partial charge on any atom is -0.471 e. The molecule has 0 radical (unpaired) electrons. The molecule has 0 amide bonds. The van der Waals surface area contributed by atoms with Gasteiger partial charge in [0, 0.05) is 33.3 Å². The van der Waals surface area contributed by atoms with Gasteiger partial charge < -0.3 is 18.8 Å². The first-order valence-electron chi connectivity index (χ1n) is 15.2. The molecular formula is C33H37F2N5O4SSi. The molecule has 0 fully saturated rings. The molecule has 4 heterocycles. The highest BCUT2D eigenvalue weighted by molar-refractivity contribution is 7.20. The molecule has 0 saturated carbocycles. The van der Waals surface area contributed by atoms with E-state index in [9.17, 15) is 13.6 Å². The molecule has 1 aliphatic rings. The summed E-state index contributed by atoms with van der Waals surface area (Å²) in [6.07, 6.45) is 2.74. The van der Waals surface area contributed by atoms with Crippen molar-refractivity contribution in [2.75, 3.05) is 26.3 Å². The van der Waals surface area contributed by atoms with Crippen LogP contribution >= 0.6 is 11.3 Å². The number of hydrogen-bond acceptors (Lipinski definition) is 9. The Hall–Kier alpha value is -3.96. The lowest BCUT2D eigenvalue weighted by Crippen LogP contribution is -2.30. The minimum absolute atomic E-state index is 0.198. The third kappa shape index (κ3) is 8.24. The third-order valence-corrected chi connectivity index (χ3v) is 10.3. The van der Waals surface area contributed by atoms with Gasteiger partial charge in [0.1, 0.15) is 34.7 Å². The average molecular weight is 666 g/mol. The van der Waals surface area contributed by atoms with Crippen LogP contribution in [-0.2, 0) is 29.4 Å². The standard InChI is InChI=1S/C33H37F2N5O4SSi/c1-5-43-33(41)29-17-28-32(45-29)38-30(40(28)21-42-14-15-46(2,3)4)19-39-12-10-23(11-13-39)27-9-8-25(34)31(37-27)44-20-24-7-6-22(18-36)16-26(24)35/h6-10,16-17H,5,11-15,19-21H2,1-4H3. The second-order valence-corrected chi connectivity index (χ2v) is 18.9. The summed E-state index contributed by atoms with van der Waals surface area (Å²) in [5.74, 6) is -0.934. The highest BCUT2D eigenvalue weighted by Crippen LogP contribution is 2.30. The summed E-state index contributed by atoms with van der Waals surface area (Å²) in [6.45, 7) is 11.8. The van der Waals surface area contributed by atoms with Crippen LogP contribution in [0.25, 0.3) is 15.9 Å². The normalized spacial score (nSPS) is 13.9. The van der Waals surface area contributed by atoms with Crippen LogP contribution < -0.4 is 4.74 Å². The monoisotopic (exact) mass is 665 g/mol. The molecule has 0 N–H and O–H groups in total. The molecule has 4 aromatic rings. The lowest BCUT2D eigenvalue weighted by molar-refractivity contribution is 0.0532. The van der Waals surface area contributed by atoms with Crippen LogP contribution in [0.15, 0.2) is 42.5 Å². The zero-order valence-electron chi connectivity index (χ0n) is 26.4. The fraction of sp³-hybridized carbons (Fsp3) is 0.394. The smallest absolute Gasteiger partial charge is 0.348 e. The molecule has 0 aliphatic carbocycles. The van der Waals surface area contributed by atoms with Gasteiger partial charge >= 0.3 is 5.97 Å². The summed E-state index contributed by atoms with van der Waals surface area (Å²) in [7, 11) is -1.25.